The van der Waals surface area contributed by atoms with Crippen molar-refractivity contribution in [2.75, 3.05) is 37.7 Å². The number of rotatable bonds is 3. The molecule has 0 spiro atoms. The van der Waals surface area contributed by atoms with Crippen LogP contribution >= 0.6 is 35.0 Å². The highest BCUT2D eigenvalue weighted by molar-refractivity contribution is 7.99. The number of piperidine rings is 1. The number of hydrogen-bond donors (Lipinski definition) is 0. The largest absolute Gasteiger partial charge is 0.416 e. The highest BCUT2D eigenvalue weighted by Gasteiger charge is 2.40. The Hall–Kier alpha value is -1.62. The zero-order valence-electron chi connectivity index (χ0n) is 18.8. The number of likely N-dealkylation sites (tertiary alicyclic amines) is 1. The minimum atomic E-state index is -5.03. The number of benzene rings is 2. The molecular formula is C24H22Cl2F6N2OS. The molecule has 0 radical (unpaired) electrons. The Morgan fingerprint density at radius 3 is 2.03 bits per heavy atom. The smallest absolute Gasteiger partial charge is 0.338 e. The van der Waals surface area contributed by atoms with E-state index in [0.717, 1.165) is 30.2 Å². The lowest BCUT2D eigenvalue weighted by Gasteiger charge is -2.45. The topological polar surface area (TPSA) is 23.6 Å². The van der Waals surface area contributed by atoms with Gasteiger partial charge in [0, 0.05) is 55.2 Å². The third-order valence-electron chi connectivity index (χ3n) is 6.58. The van der Waals surface area contributed by atoms with Crippen LogP contribution in [0.4, 0.5) is 26.3 Å². The summed E-state index contributed by atoms with van der Waals surface area (Å²) in [5.41, 5.74) is -2.85. The average molecular weight is 571 g/mol. The lowest BCUT2D eigenvalue weighted by Crippen LogP contribution is -2.53. The second kappa shape index (κ2) is 10.6. The van der Waals surface area contributed by atoms with Gasteiger partial charge in [0.25, 0.3) is 5.91 Å². The van der Waals surface area contributed by atoms with Crippen molar-refractivity contribution >= 4 is 40.9 Å². The molecule has 2 aliphatic rings. The minimum Gasteiger partial charge on any atom is -0.338 e. The summed E-state index contributed by atoms with van der Waals surface area (Å²) in [5, 5.41) is 0.692. The van der Waals surface area contributed by atoms with E-state index in [2.05, 4.69) is 4.90 Å². The van der Waals surface area contributed by atoms with E-state index in [0.29, 0.717) is 28.6 Å². The molecule has 0 unspecified atom stereocenters. The van der Waals surface area contributed by atoms with Gasteiger partial charge in [-0.05, 0) is 42.3 Å². The molecule has 2 aromatic carbocycles. The first-order valence-corrected chi connectivity index (χ1v) is 13.1. The molecule has 0 bridgehead atoms. The van der Waals surface area contributed by atoms with Crippen LogP contribution in [0.2, 0.25) is 10.0 Å². The van der Waals surface area contributed by atoms with Crippen LogP contribution in [-0.2, 0) is 12.4 Å². The summed E-state index contributed by atoms with van der Waals surface area (Å²) in [5.74, 6) is 0.799. The van der Waals surface area contributed by atoms with Crippen molar-refractivity contribution in [1.82, 2.24) is 9.80 Å². The molecule has 4 rings (SSSR count). The minimum absolute atomic E-state index is 0.0237. The molecule has 0 N–H and O–H groups in total. The van der Waals surface area contributed by atoms with Crippen molar-refractivity contribution in [2.45, 2.75) is 30.7 Å². The van der Waals surface area contributed by atoms with Crippen molar-refractivity contribution < 1.29 is 31.1 Å². The van der Waals surface area contributed by atoms with E-state index in [1.165, 1.54) is 4.90 Å². The van der Waals surface area contributed by atoms with Gasteiger partial charge in [0.1, 0.15) is 0 Å². The van der Waals surface area contributed by atoms with Gasteiger partial charge < -0.3 is 4.90 Å². The number of nitrogens with zero attached hydrogens (tertiary/aromatic N) is 2. The Labute approximate surface area is 218 Å². The summed E-state index contributed by atoms with van der Waals surface area (Å²) in [6, 6.07) is 6.19. The quantitative estimate of drug-likeness (QED) is 0.368. The van der Waals surface area contributed by atoms with Crippen LogP contribution in [0.5, 0.6) is 0 Å². The Kier molecular flexibility index (Phi) is 8.09. The zero-order chi connectivity index (χ0) is 26.3. The first-order valence-electron chi connectivity index (χ1n) is 11.2. The van der Waals surface area contributed by atoms with E-state index in [1.807, 2.05) is 11.8 Å². The molecule has 3 nitrogen and oxygen atoms in total. The highest BCUT2D eigenvalue weighted by Crippen LogP contribution is 2.38. The third-order valence-corrected chi connectivity index (χ3v) is 8.27. The molecule has 1 amide bonds. The highest BCUT2D eigenvalue weighted by atomic mass is 35.5. The van der Waals surface area contributed by atoms with Crippen LogP contribution in [0.15, 0.2) is 36.4 Å². The van der Waals surface area contributed by atoms with Gasteiger partial charge in [-0.25, -0.2) is 0 Å². The lowest BCUT2D eigenvalue weighted by molar-refractivity contribution is -0.143. The maximum absolute atomic E-state index is 13.3. The van der Waals surface area contributed by atoms with Gasteiger partial charge >= 0.3 is 12.4 Å². The van der Waals surface area contributed by atoms with Crippen LogP contribution in [0, 0.1) is 0 Å². The van der Waals surface area contributed by atoms with Gasteiger partial charge in [-0.3, -0.25) is 9.69 Å². The predicted octanol–water partition coefficient (Wildman–Crippen LogP) is 7.08. The molecule has 2 atom stereocenters. The number of amides is 1. The lowest BCUT2D eigenvalue weighted by atomic mass is 9.84. The van der Waals surface area contributed by atoms with E-state index in [4.69, 9.17) is 23.2 Å². The maximum Gasteiger partial charge on any atom is 0.416 e. The molecule has 2 saturated heterocycles. The Bertz CT molecular complexity index is 1090. The monoisotopic (exact) mass is 570 g/mol. The summed E-state index contributed by atoms with van der Waals surface area (Å²) in [6.45, 7) is 2.04. The Morgan fingerprint density at radius 1 is 0.861 bits per heavy atom. The van der Waals surface area contributed by atoms with Gasteiger partial charge in [-0.15, -0.1) is 0 Å². The Balaban J connectivity index is 1.67. The summed E-state index contributed by atoms with van der Waals surface area (Å²) >= 11 is 14.2. The molecule has 12 heteroatoms. The molecule has 36 heavy (non-hydrogen) atoms. The average Bonchev–Trinajstić information content (AvgIpc) is 2.84. The summed E-state index contributed by atoms with van der Waals surface area (Å²) < 4.78 is 80.0. The van der Waals surface area contributed by atoms with Crippen LogP contribution < -0.4 is 0 Å². The molecule has 196 valence electrons. The molecule has 0 aromatic heterocycles. The van der Waals surface area contributed by atoms with Crippen molar-refractivity contribution in [3.05, 3.63) is 68.7 Å². The van der Waals surface area contributed by atoms with E-state index < -0.39 is 35.0 Å². The van der Waals surface area contributed by atoms with Crippen LogP contribution in [0.1, 0.15) is 39.4 Å². The van der Waals surface area contributed by atoms with E-state index >= 15 is 0 Å². The second-order valence-corrected chi connectivity index (χ2v) is 10.9. The van der Waals surface area contributed by atoms with Crippen molar-refractivity contribution in [3.63, 3.8) is 0 Å². The third kappa shape index (κ3) is 6.09. The standard InChI is InChI=1S/C24H22Cl2F6N2OS/c25-19-2-1-14(11-20(19)26)18-13-34(4-3-21(18)33-5-7-36-8-6-33)22(35)15-9-16(23(27,28)29)12-17(10-15)24(30,31)32/h1-2,9-12,18,21H,3-8,13H2/t18-,21-/m1/s1. The van der Waals surface area contributed by atoms with Gasteiger partial charge in [0.05, 0.1) is 21.2 Å². The number of carbonyl (C=O) groups is 1. The van der Waals surface area contributed by atoms with Gasteiger partial charge in [0.15, 0.2) is 0 Å². The van der Waals surface area contributed by atoms with Crippen LogP contribution in [0.3, 0.4) is 0 Å². The number of alkyl halides is 6. The Morgan fingerprint density at radius 2 is 1.47 bits per heavy atom. The molecule has 2 aliphatic heterocycles. The first-order chi connectivity index (χ1) is 16.8. The van der Waals surface area contributed by atoms with E-state index in [-0.39, 0.29) is 31.1 Å². The first kappa shape index (κ1) is 27.4. The van der Waals surface area contributed by atoms with Crippen molar-refractivity contribution in [2.24, 2.45) is 0 Å². The summed E-state index contributed by atoms with van der Waals surface area (Å²) in [4.78, 5) is 16.9. The molecule has 2 heterocycles. The van der Waals surface area contributed by atoms with Crippen molar-refractivity contribution in [3.8, 4) is 0 Å². The number of hydrogen-bond acceptors (Lipinski definition) is 3. The summed E-state index contributed by atoms with van der Waals surface area (Å²) in [7, 11) is 0. The van der Waals surface area contributed by atoms with Gasteiger partial charge in [-0.1, -0.05) is 29.3 Å². The number of thioether (sulfide) groups is 1. The van der Waals surface area contributed by atoms with Crippen LogP contribution in [0.25, 0.3) is 0 Å². The van der Waals surface area contributed by atoms with Crippen LogP contribution in [-0.4, -0.2) is 59.4 Å². The molecule has 2 aromatic rings. The number of carbonyl (C=O) groups excluding carboxylic acids is 1. The fourth-order valence-corrected chi connectivity index (χ4v) is 6.04. The fraction of sp³-hybridized carbons (Fsp3) is 0.458. The van der Waals surface area contributed by atoms with Gasteiger partial charge in [-0.2, -0.15) is 38.1 Å². The van der Waals surface area contributed by atoms with E-state index in [9.17, 15) is 31.1 Å². The van der Waals surface area contributed by atoms with E-state index in [1.54, 1.807) is 18.2 Å². The normalized spacial score (nSPS) is 22.1. The predicted molar refractivity (Wildman–Crippen MR) is 129 cm³/mol. The maximum atomic E-state index is 13.3. The SMILES string of the molecule is O=C(c1cc(C(F)(F)F)cc(C(F)(F)F)c1)N1CC[C@@H](N2CCSCC2)[C@@H](c2ccc(Cl)c(Cl)c2)C1. The molecule has 0 saturated carbocycles. The molecule has 2 fully saturated rings. The fourth-order valence-electron chi connectivity index (χ4n) is 4.80. The molecule has 0 aliphatic carbocycles. The second-order valence-electron chi connectivity index (χ2n) is 8.83. The summed E-state index contributed by atoms with van der Waals surface area (Å²) in [6.07, 6.45) is -9.54. The number of halogens is 8. The van der Waals surface area contributed by atoms with Crippen molar-refractivity contribution in [1.29, 1.82) is 0 Å². The van der Waals surface area contributed by atoms with Gasteiger partial charge in [0.2, 0.25) is 0 Å². The zero-order valence-corrected chi connectivity index (χ0v) is 21.1. The molecular weight excluding hydrogens is 549 g/mol.